The predicted octanol–water partition coefficient (Wildman–Crippen LogP) is 4.57. The molecule has 0 aliphatic rings. The number of hydrogen-bond acceptors (Lipinski definition) is 4. The number of amides is 1. The highest BCUT2D eigenvalue weighted by molar-refractivity contribution is 9.10. The molecule has 0 aliphatic carbocycles. The van der Waals surface area contributed by atoms with E-state index in [9.17, 15) is 4.79 Å². The van der Waals surface area contributed by atoms with Crippen molar-refractivity contribution in [1.82, 2.24) is 0 Å². The summed E-state index contributed by atoms with van der Waals surface area (Å²) in [6, 6.07) is 11.2. The molecule has 0 unspecified atom stereocenters. The summed E-state index contributed by atoms with van der Waals surface area (Å²) in [5, 5.41) is 2.85. The van der Waals surface area contributed by atoms with Crippen LogP contribution in [0, 0.1) is 6.92 Å². The fourth-order valence-electron chi connectivity index (χ4n) is 2.25. The van der Waals surface area contributed by atoms with E-state index < -0.39 is 0 Å². The average molecular weight is 408 g/mol. The van der Waals surface area contributed by atoms with E-state index in [1.54, 1.807) is 32.4 Å². The number of rotatable bonds is 8. The van der Waals surface area contributed by atoms with Crippen LogP contribution in [0.1, 0.15) is 18.4 Å². The summed E-state index contributed by atoms with van der Waals surface area (Å²) in [5.41, 5.74) is 1.78. The van der Waals surface area contributed by atoms with Crippen LogP contribution in [0.25, 0.3) is 0 Å². The second kappa shape index (κ2) is 9.32. The standard InChI is InChI=1S/C19H22BrNO4/c1-13-6-9-17(15(20)11-13)25-10-4-5-19(22)21-16-8-7-14(23-2)12-18(16)24-3/h6-9,11-12H,4-5,10H2,1-3H3,(H,21,22). The lowest BCUT2D eigenvalue weighted by molar-refractivity contribution is -0.116. The molecule has 2 aromatic carbocycles. The zero-order valence-corrected chi connectivity index (χ0v) is 16.2. The first-order chi connectivity index (χ1) is 12.0. The third-order valence-electron chi connectivity index (χ3n) is 3.58. The fraction of sp³-hybridized carbons (Fsp3) is 0.316. The molecule has 0 atom stereocenters. The minimum absolute atomic E-state index is 0.0879. The number of halogens is 1. The van der Waals surface area contributed by atoms with Crippen molar-refractivity contribution in [3.63, 3.8) is 0 Å². The van der Waals surface area contributed by atoms with Gasteiger partial charge in [-0.3, -0.25) is 4.79 Å². The molecule has 0 aliphatic heterocycles. The summed E-state index contributed by atoms with van der Waals surface area (Å²) in [5.74, 6) is 1.93. The lowest BCUT2D eigenvalue weighted by atomic mass is 10.2. The third-order valence-corrected chi connectivity index (χ3v) is 4.20. The Labute approximate surface area is 156 Å². The lowest BCUT2D eigenvalue weighted by Gasteiger charge is -2.12. The first-order valence-electron chi connectivity index (χ1n) is 7.94. The van der Waals surface area contributed by atoms with E-state index in [0.29, 0.717) is 36.6 Å². The van der Waals surface area contributed by atoms with Gasteiger partial charge in [0.1, 0.15) is 17.2 Å². The number of anilines is 1. The predicted molar refractivity (Wildman–Crippen MR) is 102 cm³/mol. The van der Waals surface area contributed by atoms with Crippen LogP contribution in [-0.4, -0.2) is 26.7 Å². The number of ether oxygens (including phenoxy) is 3. The Balaban J connectivity index is 1.81. The summed E-state index contributed by atoms with van der Waals surface area (Å²) in [7, 11) is 3.14. The van der Waals surface area contributed by atoms with Gasteiger partial charge in [0.2, 0.25) is 5.91 Å². The summed E-state index contributed by atoms with van der Waals surface area (Å²) in [6.07, 6.45) is 0.975. The van der Waals surface area contributed by atoms with Gasteiger partial charge in [-0.15, -0.1) is 0 Å². The van der Waals surface area contributed by atoms with Crippen molar-refractivity contribution in [2.45, 2.75) is 19.8 Å². The second-order valence-corrected chi connectivity index (χ2v) is 6.35. The van der Waals surface area contributed by atoms with E-state index in [4.69, 9.17) is 14.2 Å². The summed E-state index contributed by atoms with van der Waals surface area (Å²) in [6.45, 7) is 2.49. The van der Waals surface area contributed by atoms with E-state index in [1.165, 1.54) is 0 Å². The maximum absolute atomic E-state index is 12.1. The number of carbonyl (C=O) groups excluding carboxylic acids is 1. The first kappa shape index (κ1) is 19.1. The molecule has 25 heavy (non-hydrogen) atoms. The van der Waals surface area contributed by atoms with Crippen LogP contribution < -0.4 is 19.5 Å². The van der Waals surface area contributed by atoms with Crippen molar-refractivity contribution in [3.05, 3.63) is 46.4 Å². The number of nitrogens with one attached hydrogen (secondary N) is 1. The van der Waals surface area contributed by atoms with Gasteiger partial charge < -0.3 is 19.5 Å². The fourth-order valence-corrected chi connectivity index (χ4v) is 2.86. The Hall–Kier alpha value is -2.21. The Kier molecular flexibility index (Phi) is 7.13. The van der Waals surface area contributed by atoms with Gasteiger partial charge in [0, 0.05) is 12.5 Å². The molecule has 0 fully saturated rings. The van der Waals surface area contributed by atoms with Crippen molar-refractivity contribution >= 4 is 27.5 Å². The number of carbonyl (C=O) groups is 1. The van der Waals surface area contributed by atoms with Gasteiger partial charge in [0.25, 0.3) is 0 Å². The monoisotopic (exact) mass is 407 g/mol. The van der Waals surface area contributed by atoms with Crippen LogP contribution in [0.4, 0.5) is 5.69 Å². The molecule has 0 heterocycles. The van der Waals surface area contributed by atoms with Gasteiger partial charge in [0.15, 0.2) is 0 Å². The smallest absolute Gasteiger partial charge is 0.224 e. The molecule has 5 nitrogen and oxygen atoms in total. The minimum atomic E-state index is -0.0879. The molecular weight excluding hydrogens is 386 g/mol. The number of methoxy groups -OCH3 is 2. The zero-order valence-electron chi connectivity index (χ0n) is 14.6. The van der Waals surface area contributed by atoms with Crippen molar-refractivity contribution in [2.24, 2.45) is 0 Å². The van der Waals surface area contributed by atoms with Crippen LogP contribution in [0.5, 0.6) is 17.2 Å². The Morgan fingerprint density at radius 3 is 2.56 bits per heavy atom. The topological polar surface area (TPSA) is 56.8 Å². The molecule has 134 valence electrons. The number of benzene rings is 2. The van der Waals surface area contributed by atoms with Crippen LogP contribution in [0.15, 0.2) is 40.9 Å². The minimum Gasteiger partial charge on any atom is -0.497 e. The summed E-state index contributed by atoms with van der Waals surface area (Å²) < 4.78 is 17.0. The van der Waals surface area contributed by atoms with E-state index in [2.05, 4.69) is 21.2 Å². The second-order valence-electron chi connectivity index (χ2n) is 5.50. The van der Waals surface area contributed by atoms with E-state index in [1.807, 2.05) is 25.1 Å². The van der Waals surface area contributed by atoms with E-state index in [-0.39, 0.29) is 5.91 Å². The molecule has 0 saturated heterocycles. The molecule has 0 bridgehead atoms. The largest absolute Gasteiger partial charge is 0.497 e. The molecule has 0 aromatic heterocycles. The van der Waals surface area contributed by atoms with Crippen molar-refractivity contribution in [1.29, 1.82) is 0 Å². The quantitative estimate of drug-likeness (QED) is 0.650. The van der Waals surface area contributed by atoms with E-state index in [0.717, 1.165) is 15.8 Å². The molecule has 2 aromatic rings. The lowest BCUT2D eigenvalue weighted by Crippen LogP contribution is -2.13. The normalized spacial score (nSPS) is 10.2. The van der Waals surface area contributed by atoms with Crippen molar-refractivity contribution < 1.29 is 19.0 Å². The highest BCUT2D eigenvalue weighted by Gasteiger charge is 2.09. The maximum atomic E-state index is 12.1. The maximum Gasteiger partial charge on any atom is 0.224 e. The van der Waals surface area contributed by atoms with Gasteiger partial charge in [-0.05, 0) is 59.1 Å². The molecule has 6 heteroatoms. The van der Waals surface area contributed by atoms with Gasteiger partial charge in [-0.1, -0.05) is 6.07 Å². The molecule has 0 spiro atoms. The van der Waals surface area contributed by atoms with Crippen LogP contribution >= 0.6 is 15.9 Å². The van der Waals surface area contributed by atoms with Crippen LogP contribution in [0.2, 0.25) is 0 Å². The van der Waals surface area contributed by atoms with Gasteiger partial charge >= 0.3 is 0 Å². The molecule has 1 amide bonds. The average Bonchev–Trinajstić information content (AvgIpc) is 2.60. The third kappa shape index (κ3) is 5.67. The Morgan fingerprint density at radius 2 is 1.88 bits per heavy atom. The van der Waals surface area contributed by atoms with Gasteiger partial charge in [0.05, 0.1) is 31.0 Å². The Morgan fingerprint density at radius 1 is 1.08 bits per heavy atom. The highest BCUT2D eigenvalue weighted by atomic mass is 79.9. The highest BCUT2D eigenvalue weighted by Crippen LogP contribution is 2.29. The SMILES string of the molecule is COc1ccc(NC(=O)CCCOc2ccc(C)cc2Br)c(OC)c1. The Bertz CT molecular complexity index is 733. The van der Waals surface area contributed by atoms with Gasteiger partial charge in [-0.25, -0.2) is 0 Å². The number of aryl methyl sites for hydroxylation is 1. The first-order valence-corrected chi connectivity index (χ1v) is 8.73. The zero-order chi connectivity index (χ0) is 18.2. The van der Waals surface area contributed by atoms with Gasteiger partial charge in [-0.2, -0.15) is 0 Å². The summed E-state index contributed by atoms with van der Waals surface area (Å²) in [4.78, 5) is 12.1. The van der Waals surface area contributed by atoms with Crippen molar-refractivity contribution in [2.75, 3.05) is 26.1 Å². The summed E-state index contributed by atoms with van der Waals surface area (Å²) >= 11 is 3.47. The van der Waals surface area contributed by atoms with E-state index >= 15 is 0 Å². The number of hydrogen-bond donors (Lipinski definition) is 1. The molecule has 0 radical (unpaired) electrons. The molecule has 0 saturated carbocycles. The molecule has 2 rings (SSSR count). The van der Waals surface area contributed by atoms with Crippen LogP contribution in [0.3, 0.4) is 0 Å². The molecule has 1 N–H and O–H groups in total. The van der Waals surface area contributed by atoms with Crippen LogP contribution in [-0.2, 0) is 4.79 Å². The van der Waals surface area contributed by atoms with Crippen molar-refractivity contribution in [3.8, 4) is 17.2 Å². The molecular formula is C19H22BrNO4.